The predicted octanol–water partition coefficient (Wildman–Crippen LogP) is 2.04. The number of rotatable bonds is 5. The highest BCUT2D eigenvalue weighted by molar-refractivity contribution is 5.82. The third kappa shape index (κ3) is 3.31. The Bertz CT molecular complexity index is 444. The first kappa shape index (κ1) is 14.9. The molecule has 1 N–H and O–H groups in total. The molecular weight excluding hydrogens is 252 g/mol. The summed E-state index contributed by atoms with van der Waals surface area (Å²) in [5.74, 6) is 1.48. The summed E-state index contributed by atoms with van der Waals surface area (Å²) in [4.78, 5) is 14.5. The van der Waals surface area contributed by atoms with Gasteiger partial charge in [-0.3, -0.25) is 4.79 Å². The maximum Gasteiger partial charge on any atom is 0.240 e. The highest BCUT2D eigenvalue weighted by Gasteiger charge is 2.31. The molecule has 2 rings (SSSR count). The molecule has 1 fully saturated rings. The van der Waals surface area contributed by atoms with Crippen molar-refractivity contribution in [2.24, 2.45) is 5.92 Å². The summed E-state index contributed by atoms with van der Waals surface area (Å²) in [6, 6.07) is 7.88. The molecule has 1 aromatic rings. The number of ether oxygens (including phenoxy) is 1. The van der Waals surface area contributed by atoms with Crippen LogP contribution in [0.4, 0.5) is 0 Å². The SMILES string of the molecule is CCN(Cc1ccc(OC)cc1)C(=O)C1NCCC1C. The Morgan fingerprint density at radius 3 is 2.60 bits per heavy atom. The van der Waals surface area contributed by atoms with E-state index in [2.05, 4.69) is 12.2 Å². The van der Waals surface area contributed by atoms with Crippen LogP contribution in [0, 0.1) is 5.92 Å². The summed E-state index contributed by atoms with van der Waals surface area (Å²) < 4.78 is 5.15. The number of hydrogen-bond acceptors (Lipinski definition) is 3. The van der Waals surface area contributed by atoms with E-state index in [9.17, 15) is 4.79 Å². The van der Waals surface area contributed by atoms with Crippen LogP contribution in [0.2, 0.25) is 0 Å². The Kier molecular flexibility index (Phi) is 5.01. The zero-order valence-electron chi connectivity index (χ0n) is 12.6. The number of amides is 1. The van der Waals surface area contributed by atoms with E-state index in [1.807, 2.05) is 36.1 Å². The Morgan fingerprint density at radius 1 is 1.40 bits per heavy atom. The van der Waals surface area contributed by atoms with Crippen LogP contribution in [0.3, 0.4) is 0 Å². The van der Waals surface area contributed by atoms with E-state index in [4.69, 9.17) is 4.74 Å². The summed E-state index contributed by atoms with van der Waals surface area (Å²) in [7, 11) is 1.66. The number of nitrogens with zero attached hydrogens (tertiary/aromatic N) is 1. The fourth-order valence-electron chi connectivity index (χ4n) is 2.66. The minimum atomic E-state index is -0.0202. The minimum absolute atomic E-state index is 0.0202. The minimum Gasteiger partial charge on any atom is -0.497 e. The Hall–Kier alpha value is -1.55. The van der Waals surface area contributed by atoms with Crippen LogP contribution >= 0.6 is 0 Å². The van der Waals surface area contributed by atoms with Crippen molar-refractivity contribution < 1.29 is 9.53 Å². The normalized spacial score (nSPS) is 21.8. The summed E-state index contributed by atoms with van der Waals surface area (Å²) in [6.45, 7) is 6.50. The molecule has 2 unspecified atom stereocenters. The molecule has 1 aliphatic rings. The fraction of sp³-hybridized carbons (Fsp3) is 0.562. The third-order valence-electron chi connectivity index (χ3n) is 4.02. The molecule has 0 aliphatic carbocycles. The first-order valence-electron chi connectivity index (χ1n) is 7.30. The van der Waals surface area contributed by atoms with Gasteiger partial charge in [-0.2, -0.15) is 0 Å². The molecular formula is C16H24N2O2. The number of likely N-dealkylation sites (N-methyl/N-ethyl adjacent to an activating group) is 1. The molecule has 1 aliphatic heterocycles. The molecule has 0 spiro atoms. The van der Waals surface area contributed by atoms with Crippen molar-refractivity contribution >= 4 is 5.91 Å². The van der Waals surface area contributed by atoms with Crippen molar-refractivity contribution in [3.8, 4) is 5.75 Å². The molecule has 2 atom stereocenters. The molecule has 1 amide bonds. The highest BCUT2D eigenvalue weighted by atomic mass is 16.5. The number of carbonyl (C=O) groups excluding carboxylic acids is 1. The topological polar surface area (TPSA) is 41.6 Å². The van der Waals surface area contributed by atoms with E-state index in [1.165, 1.54) is 0 Å². The largest absolute Gasteiger partial charge is 0.497 e. The quantitative estimate of drug-likeness (QED) is 0.895. The van der Waals surface area contributed by atoms with Gasteiger partial charge in [0.2, 0.25) is 5.91 Å². The molecule has 1 saturated heterocycles. The summed E-state index contributed by atoms with van der Waals surface area (Å²) >= 11 is 0. The molecule has 4 nitrogen and oxygen atoms in total. The lowest BCUT2D eigenvalue weighted by Gasteiger charge is -2.26. The molecule has 0 saturated carbocycles. The molecule has 4 heteroatoms. The maximum atomic E-state index is 12.6. The van der Waals surface area contributed by atoms with Gasteiger partial charge in [0.15, 0.2) is 0 Å². The third-order valence-corrected chi connectivity index (χ3v) is 4.02. The van der Waals surface area contributed by atoms with Crippen LogP contribution in [0.5, 0.6) is 5.75 Å². The first-order valence-corrected chi connectivity index (χ1v) is 7.30. The van der Waals surface area contributed by atoms with Crippen molar-refractivity contribution in [1.29, 1.82) is 0 Å². The van der Waals surface area contributed by atoms with E-state index < -0.39 is 0 Å². The molecule has 1 aromatic carbocycles. The molecule has 1 heterocycles. The van der Waals surface area contributed by atoms with Gasteiger partial charge < -0.3 is 15.0 Å². The predicted molar refractivity (Wildman–Crippen MR) is 79.7 cm³/mol. The zero-order valence-corrected chi connectivity index (χ0v) is 12.6. The highest BCUT2D eigenvalue weighted by Crippen LogP contribution is 2.18. The van der Waals surface area contributed by atoms with E-state index >= 15 is 0 Å². The van der Waals surface area contributed by atoms with Crippen molar-refractivity contribution in [2.75, 3.05) is 20.2 Å². The van der Waals surface area contributed by atoms with Crippen LogP contribution in [0.25, 0.3) is 0 Å². The van der Waals surface area contributed by atoms with Crippen molar-refractivity contribution in [2.45, 2.75) is 32.9 Å². The van der Waals surface area contributed by atoms with Gasteiger partial charge in [0.25, 0.3) is 0 Å². The summed E-state index contributed by atoms with van der Waals surface area (Å²) in [5, 5.41) is 3.31. The maximum absolute atomic E-state index is 12.6. The van der Waals surface area contributed by atoms with E-state index in [0.717, 1.165) is 30.8 Å². The Morgan fingerprint density at radius 2 is 2.10 bits per heavy atom. The van der Waals surface area contributed by atoms with E-state index in [-0.39, 0.29) is 11.9 Å². The van der Waals surface area contributed by atoms with E-state index in [1.54, 1.807) is 7.11 Å². The van der Waals surface area contributed by atoms with Crippen LogP contribution in [0.1, 0.15) is 25.8 Å². The van der Waals surface area contributed by atoms with E-state index in [0.29, 0.717) is 12.5 Å². The van der Waals surface area contributed by atoms with Gasteiger partial charge in [-0.05, 0) is 43.5 Å². The van der Waals surface area contributed by atoms with Gasteiger partial charge in [-0.15, -0.1) is 0 Å². The molecule has 0 bridgehead atoms. The number of nitrogens with one attached hydrogen (secondary N) is 1. The van der Waals surface area contributed by atoms with Gasteiger partial charge in [-0.1, -0.05) is 19.1 Å². The van der Waals surface area contributed by atoms with Crippen molar-refractivity contribution in [3.05, 3.63) is 29.8 Å². The van der Waals surface area contributed by atoms with Crippen LogP contribution in [0.15, 0.2) is 24.3 Å². The zero-order chi connectivity index (χ0) is 14.5. The standard InChI is InChI=1S/C16H24N2O2/c1-4-18(16(19)15-12(2)9-10-17-15)11-13-5-7-14(20-3)8-6-13/h5-8,12,15,17H,4,9-11H2,1-3H3. The molecule has 20 heavy (non-hydrogen) atoms. The van der Waals surface area contributed by atoms with Crippen LogP contribution in [-0.2, 0) is 11.3 Å². The molecule has 110 valence electrons. The lowest BCUT2D eigenvalue weighted by molar-refractivity contribution is -0.134. The van der Waals surface area contributed by atoms with Gasteiger partial charge in [0.1, 0.15) is 5.75 Å². The number of benzene rings is 1. The number of methoxy groups -OCH3 is 1. The monoisotopic (exact) mass is 276 g/mol. The Labute approximate surface area is 121 Å². The summed E-state index contributed by atoms with van der Waals surface area (Å²) in [5.41, 5.74) is 1.13. The van der Waals surface area contributed by atoms with Gasteiger partial charge in [0, 0.05) is 13.1 Å². The van der Waals surface area contributed by atoms with Crippen LogP contribution < -0.4 is 10.1 Å². The van der Waals surface area contributed by atoms with Crippen LogP contribution in [-0.4, -0.2) is 37.0 Å². The van der Waals surface area contributed by atoms with Crippen molar-refractivity contribution in [1.82, 2.24) is 10.2 Å². The van der Waals surface area contributed by atoms with Gasteiger partial charge in [-0.25, -0.2) is 0 Å². The van der Waals surface area contributed by atoms with Gasteiger partial charge in [0.05, 0.1) is 13.2 Å². The molecule has 0 radical (unpaired) electrons. The average Bonchev–Trinajstić information content (AvgIpc) is 2.91. The molecule has 0 aromatic heterocycles. The second-order valence-corrected chi connectivity index (χ2v) is 5.40. The lowest BCUT2D eigenvalue weighted by Crippen LogP contribution is -2.45. The van der Waals surface area contributed by atoms with Crippen molar-refractivity contribution in [3.63, 3.8) is 0 Å². The van der Waals surface area contributed by atoms with Gasteiger partial charge >= 0.3 is 0 Å². The second kappa shape index (κ2) is 6.75. The summed E-state index contributed by atoms with van der Waals surface area (Å²) in [6.07, 6.45) is 1.08. The Balaban J connectivity index is 2.02. The second-order valence-electron chi connectivity index (χ2n) is 5.40. The average molecular weight is 276 g/mol. The lowest BCUT2D eigenvalue weighted by atomic mass is 10.0. The number of hydrogen-bond donors (Lipinski definition) is 1. The number of carbonyl (C=O) groups is 1. The first-order chi connectivity index (χ1) is 9.65. The fourth-order valence-corrected chi connectivity index (χ4v) is 2.66. The smallest absolute Gasteiger partial charge is 0.240 e.